The number of rotatable bonds is 3. The van der Waals surface area contributed by atoms with Crippen molar-refractivity contribution < 1.29 is 14.7 Å². The van der Waals surface area contributed by atoms with Crippen LogP contribution in [0.4, 0.5) is 0 Å². The lowest BCUT2D eigenvalue weighted by atomic mass is 10.0. The van der Waals surface area contributed by atoms with Gasteiger partial charge < -0.3 is 10.8 Å². The summed E-state index contributed by atoms with van der Waals surface area (Å²) in [7, 11) is 0. The van der Waals surface area contributed by atoms with Gasteiger partial charge in [0.25, 0.3) is 0 Å². The molecule has 0 aliphatic heterocycles. The largest absolute Gasteiger partial charge is 0.480 e. The first-order valence-corrected chi connectivity index (χ1v) is 5.63. The maximum absolute atomic E-state index is 12.0. The Morgan fingerprint density at radius 3 is 2.53 bits per heavy atom. The molecule has 6 heteroatoms. The van der Waals surface area contributed by atoms with Gasteiger partial charge in [-0.25, -0.2) is 0 Å². The molecule has 1 aromatic carbocycles. The molecule has 1 saturated carbocycles. The van der Waals surface area contributed by atoms with Gasteiger partial charge in [0.15, 0.2) is 5.78 Å². The smallest absolute Gasteiger partial charge is 0.324 e. The summed E-state index contributed by atoms with van der Waals surface area (Å²) >= 11 is 11.6. The van der Waals surface area contributed by atoms with Gasteiger partial charge in [0.1, 0.15) is 5.54 Å². The van der Waals surface area contributed by atoms with Gasteiger partial charge in [-0.15, -0.1) is 0 Å². The number of Topliss-reactive ketones (excluding diaryl/α,β-unsaturated/α-hetero) is 1. The molecule has 90 valence electrons. The van der Waals surface area contributed by atoms with Crippen molar-refractivity contribution in [2.75, 3.05) is 0 Å². The SMILES string of the molecule is NC1(C(=O)O)CC1C(=O)c1ccc(Cl)cc1Cl. The van der Waals surface area contributed by atoms with Gasteiger partial charge in [-0.05, 0) is 24.6 Å². The number of carboxylic acids is 1. The average Bonchev–Trinajstić information content (AvgIpc) is 2.91. The second-order valence-electron chi connectivity index (χ2n) is 4.09. The van der Waals surface area contributed by atoms with Crippen molar-refractivity contribution in [2.24, 2.45) is 11.7 Å². The summed E-state index contributed by atoms with van der Waals surface area (Å²) in [6.45, 7) is 0. The van der Waals surface area contributed by atoms with Crippen molar-refractivity contribution in [1.29, 1.82) is 0 Å². The lowest BCUT2D eigenvalue weighted by molar-refractivity contribution is -0.139. The Morgan fingerprint density at radius 2 is 2.06 bits per heavy atom. The molecule has 3 N–H and O–H groups in total. The van der Waals surface area contributed by atoms with Crippen molar-refractivity contribution in [3.63, 3.8) is 0 Å². The van der Waals surface area contributed by atoms with Crippen LogP contribution in [0.1, 0.15) is 16.8 Å². The molecule has 0 saturated heterocycles. The van der Waals surface area contributed by atoms with Crippen molar-refractivity contribution in [1.82, 2.24) is 0 Å². The number of hydrogen-bond acceptors (Lipinski definition) is 3. The van der Waals surface area contributed by atoms with Crippen LogP contribution in [0.15, 0.2) is 18.2 Å². The Labute approximate surface area is 107 Å². The first kappa shape index (κ1) is 12.4. The number of hydrogen-bond donors (Lipinski definition) is 2. The number of carboxylic acid groups (broad SMARTS) is 1. The minimum absolute atomic E-state index is 0.139. The highest BCUT2D eigenvalue weighted by Gasteiger charge is 2.61. The molecule has 4 nitrogen and oxygen atoms in total. The third-order valence-corrected chi connectivity index (χ3v) is 3.46. The second-order valence-corrected chi connectivity index (χ2v) is 4.93. The van der Waals surface area contributed by atoms with Crippen LogP contribution in [-0.2, 0) is 4.79 Å². The van der Waals surface area contributed by atoms with E-state index in [9.17, 15) is 9.59 Å². The fourth-order valence-electron chi connectivity index (χ4n) is 1.72. The molecule has 17 heavy (non-hydrogen) atoms. The van der Waals surface area contributed by atoms with Crippen LogP contribution in [0, 0.1) is 5.92 Å². The molecular formula is C11H9Cl2NO3. The molecule has 0 bridgehead atoms. The lowest BCUT2D eigenvalue weighted by Crippen LogP contribution is -2.36. The molecule has 1 aromatic rings. The molecule has 2 atom stereocenters. The van der Waals surface area contributed by atoms with E-state index in [4.69, 9.17) is 34.0 Å². The van der Waals surface area contributed by atoms with Crippen molar-refractivity contribution >= 4 is 35.0 Å². The number of benzene rings is 1. The van der Waals surface area contributed by atoms with E-state index in [1.165, 1.54) is 18.2 Å². The highest BCUT2D eigenvalue weighted by Crippen LogP contribution is 2.44. The van der Waals surface area contributed by atoms with Crippen molar-refractivity contribution in [2.45, 2.75) is 12.0 Å². The van der Waals surface area contributed by atoms with E-state index < -0.39 is 17.4 Å². The fraction of sp³-hybridized carbons (Fsp3) is 0.273. The zero-order valence-corrected chi connectivity index (χ0v) is 10.1. The molecule has 1 fully saturated rings. The van der Waals surface area contributed by atoms with Crippen LogP contribution in [0.25, 0.3) is 0 Å². The molecule has 2 rings (SSSR count). The maximum atomic E-state index is 12.0. The van der Waals surface area contributed by atoms with E-state index >= 15 is 0 Å². The number of carbonyl (C=O) groups is 2. The first-order valence-electron chi connectivity index (χ1n) is 4.88. The van der Waals surface area contributed by atoms with E-state index in [1.54, 1.807) is 0 Å². The van der Waals surface area contributed by atoms with Crippen LogP contribution in [-0.4, -0.2) is 22.4 Å². The van der Waals surface area contributed by atoms with E-state index in [2.05, 4.69) is 0 Å². The molecule has 0 amide bonds. The van der Waals surface area contributed by atoms with Crippen molar-refractivity contribution in [3.05, 3.63) is 33.8 Å². The molecular weight excluding hydrogens is 265 g/mol. The van der Waals surface area contributed by atoms with Crippen LogP contribution < -0.4 is 5.73 Å². The molecule has 0 spiro atoms. The minimum Gasteiger partial charge on any atom is -0.480 e. The number of nitrogens with two attached hydrogens (primary N) is 1. The quantitative estimate of drug-likeness (QED) is 0.826. The van der Waals surface area contributed by atoms with Gasteiger partial charge in [-0.2, -0.15) is 0 Å². The lowest BCUT2D eigenvalue weighted by Gasteiger charge is -2.06. The van der Waals surface area contributed by atoms with Gasteiger partial charge in [-0.1, -0.05) is 23.2 Å². The summed E-state index contributed by atoms with van der Waals surface area (Å²) in [4.78, 5) is 22.8. The molecule has 1 aliphatic carbocycles. The highest BCUT2D eigenvalue weighted by atomic mass is 35.5. The third kappa shape index (κ3) is 2.04. The Balaban J connectivity index is 2.26. The summed E-state index contributed by atoms with van der Waals surface area (Å²) < 4.78 is 0. The maximum Gasteiger partial charge on any atom is 0.324 e. The van der Waals surface area contributed by atoms with Gasteiger partial charge in [0.2, 0.25) is 0 Å². The second kappa shape index (κ2) is 3.98. The van der Waals surface area contributed by atoms with Crippen LogP contribution in [0.2, 0.25) is 10.0 Å². The van der Waals surface area contributed by atoms with Gasteiger partial charge in [0.05, 0.1) is 10.9 Å². The predicted molar refractivity (Wildman–Crippen MR) is 63.5 cm³/mol. The normalized spacial score (nSPS) is 26.6. The Morgan fingerprint density at radius 1 is 1.41 bits per heavy atom. The topological polar surface area (TPSA) is 80.4 Å². The summed E-state index contributed by atoms with van der Waals surface area (Å²) in [6, 6.07) is 4.45. The first-order chi connectivity index (χ1) is 7.86. The number of ketones is 1. The monoisotopic (exact) mass is 273 g/mol. The number of carbonyl (C=O) groups excluding carboxylic acids is 1. The van der Waals surface area contributed by atoms with Gasteiger partial charge in [-0.3, -0.25) is 9.59 Å². The number of aliphatic carboxylic acids is 1. The molecule has 1 aliphatic rings. The summed E-state index contributed by atoms with van der Waals surface area (Å²) in [5.74, 6) is -2.23. The zero-order chi connectivity index (χ0) is 12.8. The summed E-state index contributed by atoms with van der Waals surface area (Å²) in [6.07, 6.45) is 0.139. The van der Waals surface area contributed by atoms with Gasteiger partial charge in [0, 0.05) is 10.6 Å². The molecule has 2 unspecified atom stereocenters. The fourth-order valence-corrected chi connectivity index (χ4v) is 2.22. The zero-order valence-electron chi connectivity index (χ0n) is 8.61. The Bertz CT molecular complexity index is 517. The van der Waals surface area contributed by atoms with Gasteiger partial charge >= 0.3 is 5.97 Å². The summed E-state index contributed by atoms with van der Waals surface area (Å²) in [5.41, 5.74) is 4.38. The van der Waals surface area contributed by atoms with E-state index in [1.807, 2.05) is 0 Å². The Kier molecular flexibility index (Phi) is 2.89. The standard InChI is InChI=1S/C11H9Cl2NO3/c12-5-1-2-6(8(13)3-5)9(15)7-4-11(7,14)10(16)17/h1-3,7H,4,14H2,(H,16,17). The highest BCUT2D eigenvalue weighted by molar-refractivity contribution is 6.37. The molecule has 0 heterocycles. The average molecular weight is 274 g/mol. The van der Waals surface area contributed by atoms with E-state index in [-0.39, 0.29) is 22.8 Å². The Hall–Kier alpha value is -1.10. The van der Waals surface area contributed by atoms with Crippen LogP contribution in [0.5, 0.6) is 0 Å². The molecule has 0 radical (unpaired) electrons. The van der Waals surface area contributed by atoms with Crippen molar-refractivity contribution in [3.8, 4) is 0 Å². The minimum atomic E-state index is -1.44. The van der Waals surface area contributed by atoms with E-state index in [0.29, 0.717) is 5.02 Å². The summed E-state index contributed by atoms with van der Waals surface area (Å²) in [5, 5.41) is 9.49. The van der Waals surface area contributed by atoms with E-state index in [0.717, 1.165) is 0 Å². The van der Waals surface area contributed by atoms with Crippen LogP contribution in [0.3, 0.4) is 0 Å². The number of halogens is 2. The predicted octanol–water partition coefficient (Wildman–Crippen LogP) is 1.98. The third-order valence-electron chi connectivity index (χ3n) is 2.91. The molecule has 0 aromatic heterocycles. The van der Waals surface area contributed by atoms with Crippen LogP contribution >= 0.6 is 23.2 Å².